The fourth-order valence-corrected chi connectivity index (χ4v) is 2.52. The smallest absolute Gasteiger partial charge is 0.317 e. The van der Waals surface area contributed by atoms with E-state index in [9.17, 15) is 9.18 Å². The van der Waals surface area contributed by atoms with E-state index in [4.69, 9.17) is 5.11 Å². The maximum Gasteiger partial charge on any atom is 0.317 e. The number of rotatable bonds is 7. The fraction of sp³-hybridized carbons (Fsp3) is 0.909. The first-order valence-electron chi connectivity index (χ1n) is 5.30. The summed E-state index contributed by atoms with van der Waals surface area (Å²) >= 11 is 1.47. The Morgan fingerprint density at radius 1 is 1.33 bits per heavy atom. The van der Waals surface area contributed by atoms with Crippen LogP contribution in [-0.2, 0) is 4.79 Å². The van der Waals surface area contributed by atoms with E-state index >= 15 is 0 Å². The second-order valence-corrected chi connectivity index (χ2v) is 5.92. The second kappa shape index (κ2) is 7.09. The number of thioether (sulfide) groups is 1. The lowest BCUT2D eigenvalue weighted by Crippen LogP contribution is -2.31. The molecule has 0 fully saturated rings. The molecular weight excluding hydrogens is 215 g/mol. The van der Waals surface area contributed by atoms with E-state index < -0.39 is 5.97 Å². The lowest BCUT2D eigenvalue weighted by molar-refractivity contribution is -0.138. The van der Waals surface area contributed by atoms with Gasteiger partial charge in [0.25, 0.3) is 0 Å². The van der Waals surface area contributed by atoms with Crippen molar-refractivity contribution in [1.82, 2.24) is 0 Å². The van der Waals surface area contributed by atoms with Gasteiger partial charge in [0.05, 0.1) is 6.67 Å². The molecule has 0 rings (SSSR count). The van der Waals surface area contributed by atoms with Crippen molar-refractivity contribution >= 4 is 17.7 Å². The van der Waals surface area contributed by atoms with Crippen LogP contribution >= 0.6 is 11.8 Å². The third kappa shape index (κ3) is 6.77. The average molecular weight is 236 g/mol. The average Bonchev–Trinajstić information content (AvgIpc) is 2.08. The van der Waals surface area contributed by atoms with E-state index in [1.165, 1.54) is 11.8 Å². The van der Waals surface area contributed by atoms with Crippen LogP contribution in [0.3, 0.4) is 0 Å². The predicted molar refractivity (Wildman–Crippen MR) is 63.2 cm³/mol. The van der Waals surface area contributed by atoms with Gasteiger partial charge in [-0.25, -0.2) is 0 Å². The first-order valence-corrected chi connectivity index (χ1v) is 6.35. The van der Waals surface area contributed by atoms with Crippen molar-refractivity contribution in [2.75, 3.05) is 12.4 Å². The Kier molecular flexibility index (Phi) is 6.98. The van der Waals surface area contributed by atoms with Gasteiger partial charge in [0, 0.05) is 0 Å². The molecule has 0 spiro atoms. The van der Waals surface area contributed by atoms with Gasteiger partial charge in [0.1, 0.15) is 5.25 Å². The van der Waals surface area contributed by atoms with Crippen molar-refractivity contribution in [3.63, 3.8) is 0 Å². The molecule has 0 aromatic carbocycles. The number of carbonyl (C=O) groups is 1. The summed E-state index contributed by atoms with van der Waals surface area (Å²) in [6, 6.07) is 0. The molecule has 4 heteroatoms. The number of hydrogen-bond acceptors (Lipinski definition) is 2. The van der Waals surface area contributed by atoms with Crippen molar-refractivity contribution < 1.29 is 14.3 Å². The Bertz CT molecular complexity index is 190. The molecular formula is C11H21FO2S. The highest BCUT2D eigenvalue weighted by Gasteiger charge is 2.31. The minimum absolute atomic E-state index is 0.226. The number of unbranched alkanes of at least 4 members (excludes halogenated alkanes) is 2. The molecule has 0 aliphatic heterocycles. The molecule has 15 heavy (non-hydrogen) atoms. The molecule has 0 saturated carbocycles. The second-order valence-electron chi connectivity index (χ2n) is 4.70. The topological polar surface area (TPSA) is 37.3 Å². The maximum atomic E-state index is 11.8. The summed E-state index contributed by atoms with van der Waals surface area (Å²) in [5.74, 6) is 0.0480. The Balaban J connectivity index is 3.84. The molecule has 0 bridgehead atoms. The van der Waals surface area contributed by atoms with Gasteiger partial charge in [-0.05, 0) is 24.0 Å². The summed E-state index contributed by atoms with van der Waals surface area (Å²) in [6.45, 7) is 5.52. The molecule has 0 amide bonds. The lowest BCUT2D eigenvalue weighted by Gasteiger charge is -2.26. The van der Waals surface area contributed by atoms with E-state index in [-0.39, 0.29) is 17.3 Å². The zero-order chi connectivity index (χ0) is 11.9. The molecule has 0 aliphatic carbocycles. The first kappa shape index (κ1) is 14.8. The molecule has 90 valence electrons. The molecule has 0 aromatic heterocycles. The van der Waals surface area contributed by atoms with Gasteiger partial charge in [-0.3, -0.25) is 9.18 Å². The largest absolute Gasteiger partial charge is 0.480 e. The van der Waals surface area contributed by atoms with Crippen molar-refractivity contribution in [3.05, 3.63) is 0 Å². The molecule has 1 atom stereocenters. The summed E-state index contributed by atoms with van der Waals surface area (Å²) in [5, 5.41) is 8.66. The number of halogens is 1. The monoisotopic (exact) mass is 236 g/mol. The SMILES string of the molecule is CC(C)(C)C(SCCCCCF)C(=O)O. The summed E-state index contributed by atoms with van der Waals surface area (Å²) in [6.07, 6.45) is 2.34. The highest BCUT2D eigenvalue weighted by atomic mass is 32.2. The number of hydrogen-bond donors (Lipinski definition) is 1. The van der Waals surface area contributed by atoms with Crippen molar-refractivity contribution in [2.45, 2.75) is 45.3 Å². The number of carboxylic acids is 1. The van der Waals surface area contributed by atoms with Gasteiger partial charge in [0.15, 0.2) is 0 Å². The minimum atomic E-state index is -0.752. The maximum absolute atomic E-state index is 11.8. The zero-order valence-electron chi connectivity index (χ0n) is 9.75. The molecule has 0 saturated heterocycles. The van der Waals surface area contributed by atoms with Crippen LogP contribution in [0, 0.1) is 5.41 Å². The number of aliphatic carboxylic acids is 1. The molecule has 1 N–H and O–H groups in total. The summed E-state index contributed by atoms with van der Waals surface area (Å²) < 4.78 is 11.8. The Morgan fingerprint density at radius 3 is 2.33 bits per heavy atom. The summed E-state index contributed by atoms with van der Waals surface area (Å²) in [4.78, 5) is 11.0. The van der Waals surface area contributed by atoms with Gasteiger partial charge in [-0.2, -0.15) is 0 Å². The van der Waals surface area contributed by atoms with Crippen molar-refractivity contribution in [3.8, 4) is 0 Å². The molecule has 1 unspecified atom stereocenters. The van der Waals surface area contributed by atoms with Gasteiger partial charge >= 0.3 is 5.97 Å². The Hall–Kier alpha value is -0.250. The third-order valence-electron chi connectivity index (χ3n) is 2.07. The Labute approximate surface area is 95.6 Å². The van der Waals surface area contributed by atoms with Crippen molar-refractivity contribution in [2.24, 2.45) is 5.41 Å². The van der Waals surface area contributed by atoms with E-state index in [0.717, 1.165) is 18.6 Å². The summed E-state index contributed by atoms with van der Waals surface area (Å²) in [7, 11) is 0. The Morgan fingerprint density at radius 2 is 1.93 bits per heavy atom. The van der Waals surface area contributed by atoms with Crippen LogP contribution in [-0.4, -0.2) is 28.8 Å². The quantitative estimate of drug-likeness (QED) is 0.689. The fourth-order valence-electron chi connectivity index (χ4n) is 1.27. The lowest BCUT2D eigenvalue weighted by atomic mass is 9.92. The minimum Gasteiger partial charge on any atom is -0.480 e. The molecule has 0 aliphatic rings. The van der Waals surface area contributed by atoms with Crippen LogP contribution in [0.25, 0.3) is 0 Å². The van der Waals surface area contributed by atoms with Gasteiger partial charge in [-0.15, -0.1) is 11.8 Å². The molecule has 0 radical (unpaired) electrons. The molecule has 0 heterocycles. The number of carboxylic acid groups (broad SMARTS) is 1. The predicted octanol–water partition coefficient (Wildman–Crippen LogP) is 3.36. The van der Waals surface area contributed by atoms with Crippen LogP contribution in [0.2, 0.25) is 0 Å². The van der Waals surface area contributed by atoms with Crippen LogP contribution in [0.15, 0.2) is 0 Å². The number of alkyl halides is 1. The standard InChI is InChI=1S/C11H21FO2S/c1-11(2,3)9(10(13)14)15-8-6-4-5-7-12/h9H,4-8H2,1-3H3,(H,13,14). The molecule has 2 nitrogen and oxygen atoms in total. The highest BCUT2D eigenvalue weighted by molar-refractivity contribution is 8.00. The van der Waals surface area contributed by atoms with Gasteiger partial charge in [-0.1, -0.05) is 27.2 Å². The first-order chi connectivity index (χ1) is 6.89. The van der Waals surface area contributed by atoms with E-state index in [1.807, 2.05) is 20.8 Å². The summed E-state index contributed by atoms with van der Waals surface area (Å²) in [5.41, 5.74) is -0.226. The third-order valence-corrected chi connectivity index (χ3v) is 3.84. The van der Waals surface area contributed by atoms with E-state index in [0.29, 0.717) is 6.42 Å². The van der Waals surface area contributed by atoms with E-state index in [2.05, 4.69) is 0 Å². The normalized spacial score (nSPS) is 13.9. The van der Waals surface area contributed by atoms with Crippen LogP contribution in [0.5, 0.6) is 0 Å². The van der Waals surface area contributed by atoms with E-state index in [1.54, 1.807) is 0 Å². The molecule has 0 aromatic rings. The van der Waals surface area contributed by atoms with Crippen molar-refractivity contribution in [1.29, 1.82) is 0 Å². The van der Waals surface area contributed by atoms with Gasteiger partial charge < -0.3 is 5.11 Å². The van der Waals surface area contributed by atoms with Gasteiger partial charge in [0.2, 0.25) is 0 Å². The van der Waals surface area contributed by atoms with Crippen LogP contribution in [0.1, 0.15) is 40.0 Å². The highest BCUT2D eigenvalue weighted by Crippen LogP contribution is 2.31. The van der Waals surface area contributed by atoms with Crippen LogP contribution in [0.4, 0.5) is 4.39 Å². The van der Waals surface area contributed by atoms with Crippen LogP contribution < -0.4 is 0 Å². The zero-order valence-corrected chi connectivity index (χ0v) is 10.6.